The largest absolute Gasteiger partial charge is 0.456 e. The molecule has 0 unspecified atom stereocenters. The maximum absolute atomic E-state index is 13.6. The molecule has 0 atom stereocenters. The zero-order valence-corrected chi connectivity index (χ0v) is 12.2. The summed E-state index contributed by atoms with van der Waals surface area (Å²) in [5, 5.41) is 11.1. The van der Waals surface area contributed by atoms with E-state index >= 15 is 0 Å². The Kier molecular flexibility index (Phi) is 4.34. The Morgan fingerprint density at radius 1 is 1.30 bits per heavy atom. The van der Waals surface area contributed by atoms with Crippen molar-refractivity contribution in [2.45, 2.75) is 12.3 Å². The highest BCUT2D eigenvalue weighted by molar-refractivity contribution is 9.08. The molecule has 0 fully saturated rings. The summed E-state index contributed by atoms with van der Waals surface area (Å²) in [7, 11) is 0. The van der Waals surface area contributed by atoms with Gasteiger partial charge < -0.3 is 4.74 Å². The summed E-state index contributed by atoms with van der Waals surface area (Å²) in [4.78, 5) is 10.3. The SMILES string of the molecule is Cc1ccc([N+](=O)[O-])cc1Oc1cccc(F)c1CBr. The second-order valence-electron chi connectivity index (χ2n) is 4.16. The van der Waals surface area contributed by atoms with Gasteiger partial charge in [0.2, 0.25) is 0 Å². The van der Waals surface area contributed by atoms with E-state index in [9.17, 15) is 14.5 Å². The van der Waals surface area contributed by atoms with Gasteiger partial charge in [-0.25, -0.2) is 4.39 Å². The molecule has 0 aliphatic rings. The van der Waals surface area contributed by atoms with Crippen LogP contribution in [0.4, 0.5) is 10.1 Å². The van der Waals surface area contributed by atoms with E-state index in [1.165, 1.54) is 24.3 Å². The third-order valence-electron chi connectivity index (χ3n) is 2.81. The third-order valence-corrected chi connectivity index (χ3v) is 3.37. The van der Waals surface area contributed by atoms with Crippen LogP contribution in [0.2, 0.25) is 0 Å². The molecule has 2 rings (SSSR count). The van der Waals surface area contributed by atoms with Crippen LogP contribution in [0.25, 0.3) is 0 Å². The van der Waals surface area contributed by atoms with Crippen LogP contribution in [-0.2, 0) is 5.33 Å². The van der Waals surface area contributed by atoms with E-state index < -0.39 is 4.92 Å². The first kappa shape index (κ1) is 14.5. The average molecular weight is 340 g/mol. The minimum atomic E-state index is -0.497. The van der Waals surface area contributed by atoms with Crippen LogP contribution in [-0.4, -0.2) is 4.92 Å². The highest BCUT2D eigenvalue weighted by atomic mass is 79.9. The van der Waals surface area contributed by atoms with Crippen molar-refractivity contribution in [2.24, 2.45) is 0 Å². The molecule has 0 aliphatic heterocycles. The first-order valence-electron chi connectivity index (χ1n) is 5.79. The number of halogens is 2. The molecule has 0 amide bonds. The number of nitro benzene ring substituents is 1. The number of benzene rings is 2. The van der Waals surface area contributed by atoms with E-state index in [1.54, 1.807) is 19.1 Å². The predicted octanol–water partition coefficient (Wildman–Crippen LogP) is 4.73. The van der Waals surface area contributed by atoms with Crippen LogP contribution in [0.1, 0.15) is 11.1 Å². The van der Waals surface area contributed by atoms with E-state index in [1.807, 2.05) is 0 Å². The molecule has 104 valence electrons. The molecule has 2 aromatic carbocycles. The monoisotopic (exact) mass is 339 g/mol. The minimum absolute atomic E-state index is 0.0672. The summed E-state index contributed by atoms with van der Waals surface area (Å²) < 4.78 is 19.3. The number of hydrogen-bond acceptors (Lipinski definition) is 3. The highest BCUT2D eigenvalue weighted by Gasteiger charge is 2.13. The lowest BCUT2D eigenvalue weighted by Gasteiger charge is -2.12. The molecule has 0 N–H and O–H groups in total. The number of ether oxygens (including phenoxy) is 1. The van der Waals surface area contributed by atoms with Crippen LogP contribution in [0, 0.1) is 22.9 Å². The molecule has 6 heteroatoms. The average Bonchev–Trinajstić information content (AvgIpc) is 2.41. The smallest absolute Gasteiger partial charge is 0.273 e. The number of nitro groups is 1. The zero-order chi connectivity index (χ0) is 14.7. The Morgan fingerprint density at radius 3 is 2.70 bits per heavy atom. The fourth-order valence-electron chi connectivity index (χ4n) is 1.69. The van der Waals surface area contributed by atoms with Crippen molar-refractivity contribution in [1.82, 2.24) is 0 Å². The van der Waals surface area contributed by atoms with Crippen molar-refractivity contribution < 1.29 is 14.1 Å². The van der Waals surface area contributed by atoms with Gasteiger partial charge in [0.25, 0.3) is 5.69 Å². The number of rotatable bonds is 4. The zero-order valence-electron chi connectivity index (χ0n) is 10.6. The molecular weight excluding hydrogens is 329 g/mol. The van der Waals surface area contributed by atoms with Crippen molar-refractivity contribution in [3.8, 4) is 11.5 Å². The summed E-state index contributed by atoms with van der Waals surface area (Å²) in [6, 6.07) is 8.82. The third kappa shape index (κ3) is 2.96. The number of hydrogen-bond donors (Lipinski definition) is 0. The second-order valence-corrected chi connectivity index (χ2v) is 4.72. The van der Waals surface area contributed by atoms with Gasteiger partial charge in [-0.2, -0.15) is 0 Å². The van der Waals surface area contributed by atoms with Gasteiger partial charge in [-0.05, 0) is 30.7 Å². The Hall–Kier alpha value is -1.95. The molecule has 0 saturated carbocycles. The summed E-state index contributed by atoms with van der Waals surface area (Å²) in [6.45, 7) is 1.77. The Balaban J connectivity index is 2.42. The van der Waals surface area contributed by atoms with Crippen molar-refractivity contribution in [3.05, 3.63) is 63.5 Å². The first-order chi connectivity index (χ1) is 9.52. The number of aryl methyl sites for hydroxylation is 1. The maximum Gasteiger partial charge on any atom is 0.273 e. The van der Waals surface area contributed by atoms with E-state index in [2.05, 4.69) is 15.9 Å². The highest BCUT2D eigenvalue weighted by Crippen LogP contribution is 2.32. The van der Waals surface area contributed by atoms with E-state index in [0.717, 1.165) is 5.56 Å². The van der Waals surface area contributed by atoms with Crippen LogP contribution >= 0.6 is 15.9 Å². The molecule has 0 saturated heterocycles. The van der Waals surface area contributed by atoms with Crippen molar-refractivity contribution in [1.29, 1.82) is 0 Å². The molecule has 0 aliphatic carbocycles. The van der Waals surface area contributed by atoms with Crippen LogP contribution in [0.3, 0.4) is 0 Å². The summed E-state index contributed by atoms with van der Waals surface area (Å²) in [5.74, 6) is 0.292. The van der Waals surface area contributed by atoms with E-state index in [0.29, 0.717) is 22.4 Å². The number of non-ortho nitro benzene ring substituents is 1. The van der Waals surface area contributed by atoms with Gasteiger partial charge in [0.05, 0.1) is 11.0 Å². The Morgan fingerprint density at radius 2 is 2.05 bits per heavy atom. The normalized spacial score (nSPS) is 10.3. The standard InChI is InChI=1S/C14H11BrFNO3/c1-9-5-6-10(17(18)19)7-14(9)20-13-4-2-3-12(16)11(13)8-15/h2-7H,8H2,1H3. The lowest BCUT2D eigenvalue weighted by molar-refractivity contribution is -0.384. The summed E-state index contributed by atoms with van der Waals surface area (Å²) >= 11 is 3.20. The molecule has 0 radical (unpaired) electrons. The molecule has 2 aromatic rings. The van der Waals surface area contributed by atoms with Crippen molar-refractivity contribution >= 4 is 21.6 Å². The Bertz CT molecular complexity index is 661. The van der Waals surface area contributed by atoms with Gasteiger partial charge in [-0.15, -0.1) is 0 Å². The molecule has 20 heavy (non-hydrogen) atoms. The molecule has 4 nitrogen and oxygen atoms in total. The van der Waals surface area contributed by atoms with Gasteiger partial charge in [0, 0.05) is 17.0 Å². The van der Waals surface area contributed by atoms with E-state index in [4.69, 9.17) is 4.74 Å². The topological polar surface area (TPSA) is 52.4 Å². The van der Waals surface area contributed by atoms with E-state index in [-0.39, 0.29) is 11.5 Å². The Labute approximate surface area is 123 Å². The fraction of sp³-hybridized carbons (Fsp3) is 0.143. The maximum atomic E-state index is 13.6. The van der Waals surface area contributed by atoms with Crippen LogP contribution in [0.5, 0.6) is 11.5 Å². The molecule has 0 spiro atoms. The molecule has 0 aromatic heterocycles. The van der Waals surface area contributed by atoms with Crippen LogP contribution < -0.4 is 4.74 Å². The predicted molar refractivity (Wildman–Crippen MR) is 76.9 cm³/mol. The summed E-state index contributed by atoms with van der Waals surface area (Å²) in [5.41, 5.74) is 1.04. The van der Waals surface area contributed by atoms with Gasteiger partial charge in [0.15, 0.2) is 0 Å². The van der Waals surface area contributed by atoms with Crippen molar-refractivity contribution in [3.63, 3.8) is 0 Å². The number of alkyl halides is 1. The number of nitrogens with zero attached hydrogens (tertiary/aromatic N) is 1. The van der Waals surface area contributed by atoms with Gasteiger partial charge in [0.1, 0.15) is 17.3 Å². The lowest BCUT2D eigenvalue weighted by Crippen LogP contribution is -1.96. The van der Waals surface area contributed by atoms with Gasteiger partial charge in [-0.1, -0.05) is 22.0 Å². The van der Waals surface area contributed by atoms with Gasteiger partial charge in [-0.3, -0.25) is 10.1 Å². The molecule has 0 heterocycles. The summed E-state index contributed by atoms with van der Waals surface area (Å²) in [6.07, 6.45) is 0. The lowest BCUT2D eigenvalue weighted by atomic mass is 10.2. The quantitative estimate of drug-likeness (QED) is 0.459. The first-order valence-corrected chi connectivity index (χ1v) is 6.91. The fourth-order valence-corrected chi connectivity index (χ4v) is 2.24. The van der Waals surface area contributed by atoms with Crippen molar-refractivity contribution in [2.75, 3.05) is 0 Å². The second kappa shape index (κ2) is 6.00. The molecular formula is C14H11BrFNO3. The van der Waals surface area contributed by atoms with Crippen LogP contribution in [0.15, 0.2) is 36.4 Å². The molecule has 0 bridgehead atoms. The van der Waals surface area contributed by atoms with Gasteiger partial charge >= 0.3 is 0 Å². The minimum Gasteiger partial charge on any atom is -0.456 e.